The monoisotopic (exact) mass is 210 g/mol. The van der Waals surface area contributed by atoms with Crippen LogP contribution in [0.25, 0.3) is 0 Å². The van der Waals surface area contributed by atoms with E-state index in [2.05, 4.69) is 20.3 Å². The Bertz CT molecular complexity index is 344. The van der Waals surface area contributed by atoms with Crippen LogP contribution in [0, 0.1) is 0 Å². The maximum atomic E-state index is 11.1. The van der Waals surface area contributed by atoms with Crippen molar-refractivity contribution in [3.63, 3.8) is 0 Å². The van der Waals surface area contributed by atoms with Crippen LogP contribution in [-0.4, -0.2) is 33.3 Å². The summed E-state index contributed by atoms with van der Waals surface area (Å²) >= 11 is 0. The van der Waals surface area contributed by atoms with Crippen molar-refractivity contribution >= 4 is 5.97 Å². The van der Waals surface area contributed by atoms with Gasteiger partial charge >= 0.3 is 5.97 Å². The summed E-state index contributed by atoms with van der Waals surface area (Å²) in [6.45, 7) is 0.106. The van der Waals surface area contributed by atoms with Gasteiger partial charge in [0.05, 0.1) is 7.11 Å². The molecule has 0 bridgehead atoms. The largest absolute Gasteiger partial charge is 0.468 e. The minimum absolute atomic E-state index is 0.106. The Balaban J connectivity index is 2.10. The second kappa shape index (κ2) is 4.37. The van der Waals surface area contributed by atoms with Crippen molar-refractivity contribution < 1.29 is 9.53 Å². The quantitative estimate of drug-likeness (QED) is 0.679. The van der Waals surface area contributed by atoms with Crippen LogP contribution in [-0.2, 0) is 16.1 Å². The highest BCUT2D eigenvalue weighted by atomic mass is 16.5. The molecule has 0 radical (unpaired) electrons. The van der Waals surface area contributed by atoms with Crippen molar-refractivity contribution in [2.75, 3.05) is 7.11 Å². The maximum absolute atomic E-state index is 11.1. The average Bonchev–Trinajstić information content (AvgIpc) is 2.86. The molecule has 1 aliphatic carbocycles. The lowest BCUT2D eigenvalue weighted by molar-refractivity contribution is -0.141. The number of tetrazole rings is 1. The molecule has 0 atom stereocenters. The lowest BCUT2D eigenvalue weighted by Crippen LogP contribution is -2.16. The van der Waals surface area contributed by atoms with Gasteiger partial charge in [-0.1, -0.05) is 12.8 Å². The molecule has 82 valence electrons. The third kappa shape index (κ3) is 2.14. The standard InChI is InChI=1S/C9H14N4O2/c1-15-8(14)6-13-9(10-11-12-13)7-4-2-3-5-7/h7H,2-6H2,1H3. The molecule has 0 aliphatic heterocycles. The fourth-order valence-electron chi connectivity index (χ4n) is 1.99. The molecule has 6 heteroatoms. The fraction of sp³-hybridized carbons (Fsp3) is 0.778. The van der Waals surface area contributed by atoms with Gasteiger partial charge < -0.3 is 4.74 Å². The number of nitrogens with zero attached hydrogens (tertiary/aromatic N) is 4. The van der Waals surface area contributed by atoms with Crippen LogP contribution in [0.2, 0.25) is 0 Å². The lowest BCUT2D eigenvalue weighted by atomic mass is 10.1. The Labute approximate surface area is 87.6 Å². The van der Waals surface area contributed by atoms with Crippen LogP contribution in [0.3, 0.4) is 0 Å². The number of hydrogen-bond donors (Lipinski definition) is 0. The van der Waals surface area contributed by atoms with Gasteiger partial charge in [-0.15, -0.1) is 5.10 Å². The summed E-state index contributed by atoms with van der Waals surface area (Å²) in [5.74, 6) is 0.907. The first kappa shape index (κ1) is 10.1. The Morgan fingerprint density at radius 2 is 2.27 bits per heavy atom. The van der Waals surface area contributed by atoms with Gasteiger partial charge in [0.1, 0.15) is 6.54 Å². The summed E-state index contributed by atoms with van der Waals surface area (Å²) in [6.07, 6.45) is 4.66. The number of carbonyl (C=O) groups is 1. The minimum Gasteiger partial charge on any atom is -0.468 e. The topological polar surface area (TPSA) is 69.9 Å². The van der Waals surface area contributed by atoms with E-state index in [1.165, 1.54) is 20.0 Å². The molecule has 0 N–H and O–H groups in total. The summed E-state index contributed by atoms with van der Waals surface area (Å²) < 4.78 is 6.13. The molecule has 2 rings (SSSR count). The molecule has 1 fully saturated rings. The zero-order valence-electron chi connectivity index (χ0n) is 8.72. The molecule has 0 spiro atoms. The van der Waals surface area contributed by atoms with Crippen molar-refractivity contribution in [3.05, 3.63) is 5.82 Å². The van der Waals surface area contributed by atoms with Crippen LogP contribution in [0.5, 0.6) is 0 Å². The van der Waals surface area contributed by atoms with Gasteiger partial charge in [-0.3, -0.25) is 4.79 Å². The Kier molecular flexibility index (Phi) is 2.94. The van der Waals surface area contributed by atoms with E-state index in [1.54, 1.807) is 4.68 Å². The van der Waals surface area contributed by atoms with E-state index in [1.807, 2.05) is 0 Å². The van der Waals surface area contributed by atoms with Crippen molar-refractivity contribution in [1.29, 1.82) is 0 Å². The summed E-state index contributed by atoms with van der Waals surface area (Å²) in [5.41, 5.74) is 0. The molecule has 1 saturated carbocycles. The number of ether oxygens (including phenoxy) is 1. The molecule has 0 unspecified atom stereocenters. The smallest absolute Gasteiger partial charge is 0.327 e. The van der Waals surface area contributed by atoms with Gasteiger partial charge in [0.15, 0.2) is 5.82 Å². The molecule has 1 aromatic heterocycles. The second-order valence-electron chi connectivity index (χ2n) is 3.75. The molecule has 0 saturated heterocycles. The van der Waals surface area contributed by atoms with Crippen molar-refractivity contribution in [2.24, 2.45) is 0 Å². The number of esters is 1. The number of aromatic nitrogens is 4. The molecule has 1 aromatic rings. The highest BCUT2D eigenvalue weighted by Gasteiger charge is 2.23. The first-order chi connectivity index (χ1) is 7.31. The predicted octanol–water partition coefficient (Wildman–Crippen LogP) is 0.504. The Morgan fingerprint density at radius 1 is 1.53 bits per heavy atom. The Morgan fingerprint density at radius 3 is 2.93 bits per heavy atom. The van der Waals surface area contributed by atoms with Gasteiger partial charge in [-0.25, -0.2) is 4.68 Å². The maximum Gasteiger partial charge on any atom is 0.327 e. The van der Waals surface area contributed by atoms with E-state index in [-0.39, 0.29) is 12.5 Å². The van der Waals surface area contributed by atoms with Crippen LogP contribution in [0.1, 0.15) is 37.4 Å². The number of methoxy groups -OCH3 is 1. The lowest BCUT2D eigenvalue weighted by Gasteiger charge is -2.07. The number of hydrogen-bond acceptors (Lipinski definition) is 5. The van der Waals surface area contributed by atoms with E-state index >= 15 is 0 Å². The predicted molar refractivity (Wildman–Crippen MR) is 51.0 cm³/mol. The third-order valence-electron chi connectivity index (χ3n) is 2.79. The van der Waals surface area contributed by atoms with E-state index in [0.717, 1.165) is 18.7 Å². The van der Waals surface area contributed by atoms with Crippen LogP contribution < -0.4 is 0 Å². The van der Waals surface area contributed by atoms with E-state index in [0.29, 0.717) is 5.92 Å². The van der Waals surface area contributed by atoms with E-state index in [4.69, 9.17) is 0 Å². The van der Waals surface area contributed by atoms with Crippen molar-refractivity contribution in [3.8, 4) is 0 Å². The highest BCUT2D eigenvalue weighted by Crippen LogP contribution is 2.32. The average molecular weight is 210 g/mol. The van der Waals surface area contributed by atoms with Crippen LogP contribution >= 0.6 is 0 Å². The first-order valence-electron chi connectivity index (χ1n) is 5.14. The second-order valence-corrected chi connectivity index (χ2v) is 3.75. The summed E-state index contributed by atoms with van der Waals surface area (Å²) in [6, 6.07) is 0. The molecule has 1 heterocycles. The number of rotatable bonds is 3. The van der Waals surface area contributed by atoms with Crippen molar-refractivity contribution in [2.45, 2.75) is 38.1 Å². The molecule has 0 amide bonds. The minimum atomic E-state index is -0.318. The first-order valence-corrected chi connectivity index (χ1v) is 5.14. The van der Waals surface area contributed by atoms with Gasteiger partial charge in [-0.2, -0.15) is 0 Å². The van der Waals surface area contributed by atoms with Gasteiger partial charge in [0, 0.05) is 5.92 Å². The molecule has 1 aliphatic rings. The van der Waals surface area contributed by atoms with Gasteiger partial charge in [0.2, 0.25) is 0 Å². The normalized spacial score (nSPS) is 16.9. The van der Waals surface area contributed by atoms with Crippen LogP contribution in [0.15, 0.2) is 0 Å². The third-order valence-corrected chi connectivity index (χ3v) is 2.79. The fourth-order valence-corrected chi connectivity index (χ4v) is 1.99. The zero-order valence-corrected chi connectivity index (χ0v) is 8.72. The molecular weight excluding hydrogens is 196 g/mol. The molecule has 15 heavy (non-hydrogen) atoms. The van der Waals surface area contributed by atoms with Gasteiger partial charge in [0.25, 0.3) is 0 Å². The molecule has 6 nitrogen and oxygen atoms in total. The summed E-state index contributed by atoms with van der Waals surface area (Å²) in [7, 11) is 1.36. The van der Waals surface area contributed by atoms with Crippen LogP contribution in [0.4, 0.5) is 0 Å². The molecule has 0 aromatic carbocycles. The van der Waals surface area contributed by atoms with E-state index in [9.17, 15) is 4.79 Å². The van der Waals surface area contributed by atoms with Crippen molar-refractivity contribution in [1.82, 2.24) is 20.2 Å². The zero-order chi connectivity index (χ0) is 10.7. The summed E-state index contributed by atoms with van der Waals surface area (Å²) in [5, 5.41) is 11.4. The SMILES string of the molecule is COC(=O)Cn1nnnc1C1CCCC1. The van der Waals surface area contributed by atoms with Gasteiger partial charge in [-0.05, 0) is 23.3 Å². The summed E-state index contributed by atoms with van der Waals surface area (Å²) in [4.78, 5) is 11.1. The van der Waals surface area contributed by atoms with E-state index < -0.39 is 0 Å². The Hall–Kier alpha value is -1.46. The highest BCUT2D eigenvalue weighted by molar-refractivity contribution is 5.68. The number of carbonyl (C=O) groups excluding carboxylic acids is 1. The molecular formula is C9H14N4O2.